The van der Waals surface area contributed by atoms with Gasteiger partial charge in [-0.05, 0) is 24.3 Å². The summed E-state index contributed by atoms with van der Waals surface area (Å²) in [6.45, 7) is 3.76. The van der Waals surface area contributed by atoms with E-state index in [2.05, 4.69) is 27.0 Å². The molecule has 0 aliphatic carbocycles. The number of hydrogen-bond acceptors (Lipinski definition) is 6. The molecule has 0 saturated carbocycles. The van der Waals surface area contributed by atoms with Crippen molar-refractivity contribution in [2.45, 2.75) is 0 Å². The summed E-state index contributed by atoms with van der Waals surface area (Å²) in [7, 11) is 2.10. The zero-order valence-corrected chi connectivity index (χ0v) is 12.0. The number of likely N-dealkylation sites (N-methyl/N-ethyl adjacent to an activating group) is 1. The minimum absolute atomic E-state index is 0.402. The van der Waals surface area contributed by atoms with Gasteiger partial charge in [0.1, 0.15) is 0 Å². The molecule has 2 N–H and O–H groups in total. The fraction of sp³-hybridized carbons (Fsp3) is 0.385. The number of para-hydroxylation sites is 1. The van der Waals surface area contributed by atoms with Gasteiger partial charge < -0.3 is 20.1 Å². The molecule has 0 atom stereocenters. The van der Waals surface area contributed by atoms with Crippen LogP contribution in [-0.2, 0) is 0 Å². The summed E-state index contributed by atoms with van der Waals surface area (Å²) in [5.74, 6) is 1.01. The van der Waals surface area contributed by atoms with Crippen LogP contribution < -0.4 is 10.6 Å². The van der Waals surface area contributed by atoms with Crippen molar-refractivity contribution in [3.63, 3.8) is 0 Å². The van der Waals surface area contributed by atoms with Gasteiger partial charge in [-0.15, -0.1) is 0 Å². The van der Waals surface area contributed by atoms with Gasteiger partial charge in [0, 0.05) is 26.2 Å². The van der Waals surface area contributed by atoms with Crippen molar-refractivity contribution in [3.05, 3.63) is 23.2 Å². The van der Waals surface area contributed by atoms with E-state index in [9.17, 15) is 0 Å². The van der Waals surface area contributed by atoms with Gasteiger partial charge in [-0.2, -0.15) is 4.98 Å². The Balaban J connectivity index is 1.85. The van der Waals surface area contributed by atoms with Gasteiger partial charge in [-0.1, -0.05) is 17.7 Å². The molecule has 20 heavy (non-hydrogen) atoms. The lowest BCUT2D eigenvalue weighted by molar-refractivity contribution is 0.309. The van der Waals surface area contributed by atoms with E-state index in [1.807, 2.05) is 12.1 Å². The highest BCUT2D eigenvalue weighted by atomic mass is 35.5. The van der Waals surface area contributed by atoms with Crippen LogP contribution in [-0.4, -0.2) is 48.3 Å². The van der Waals surface area contributed by atoms with Gasteiger partial charge in [0.2, 0.25) is 0 Å². The monoisotopic (exact) mass is 293 g/mol. The van der Waals surface area contributed by atoms with Crippen LogP contribution in [0.1, 0.15) is 0 Å². The summed E-state index contributed by atoms with van der Waals surface area (Å²) >= 11 is 6.00. The van der Waals surface area contributed by atoms with Crippen LogP contribution in [0.2, 0.25) is 5.02 Å². The van der Waals surface area contributed by atoms with Gasteiger partial charge in [-0.25, -0.2) is 0 Å². The Labute approximate surface area is 122 Å². The number of nitrogen functional groups attached to an aromatic ring is 1. The zero-order chi connectivity index (χ0) is 14.1. The molecule has 7 heteroatoms. The number of aromatic nitrogens is 2. The second kappa shape index (κ2) is 5.30. The summed E-state index contributed by atoms with van der Waals surface area (Å²) < 4.78 is 5.31. The summed E-state index contributed by atoms with van der Waals surface area (Å²) in [4.78, 5) is 8.80. The van der Waals surface area contributed by atoms with E-state index in [0.717, 1.165) is 26.2 Å². The molecule has 0 amide bonds. The number of hydrogen-bond donors (Lipinski definition) is 1. The van der Waals surface area contributed by atoms with Gasteiger partial charge in [0.25, 0.3) is 11.8 Å². The molecular weight excluding hydrogens is 278 g/mol. The highest BCUT2D eigenvalue weighted by Crippen LogP contribution is 2.31. The quantitative estimate of drug-likeness (QED) is 0.850. The highest BCUT2D eigenvalue weighted by Gasteiger charge is 2.20. The maximum atomic E-state index is 6.00. The number of rotatable bonds is 2. The van der Waals surface area contributed by atoms with Gasteiger partial charge in [0.05, 0.1) is 16.3 Å². The van der Waals surface area contributed by atoms with Crippen LogP contribution in [0, 0.1) is 0 Å². The molecule has 1 aliphatic rings. The summed E-state index contributed by atoms with van der Waals surface area (Å²) in [6.07, 6.45) is 0. The predicted molar refractivity (Wildman–Crippen MR) is 78.9 cm³/mol. The minimum Gasteiger partial charge on any atom is -0.397 e. The maximum absolute atomic E-state index is 6.00. The van der Waals surface area contributed by atoms with Crippen LogP contribution >= 0.6 is 11.6 Å². The first-order valence-corrected chi connectivity index (χ1v) is 6.84. The highest BCUT2D eigenvalue weighted by molar-refractivity contribution is 6.33. The average molecular weight is 294 g/mol. The minimum atomic E-state index is 0.402. The lowest BCUT2D eigenvalue weighted by Gasteiger charge is -2.31. The van der Waals surface area contributed by atoms with Crippen LogP contribution in [0.5, 0.6) is 0 Å². The molecule has 3 rings (SSSR count). The van der Waals surface area contributed by atoms with E-state index >= 15 is 0 Å². The molecule has 6 nitrogen and oxygen atoms in total. The van der Waals surface area contributed by atoms with Crippen LogP contribution in [0.4, 0.5) is 11.6 Å². The fourth-order valence-corrected chi connectivity index (χ4v) is 2.36. The van der Waals surface area contributed by atoms with Crippen molar-refractivity contribution >= 4 is 23.2 Å². The Bertz CT molecular complexity index is 607. The molecule has 106 valence electrons. The second-order valence-electron chi connectivity index (χ2n) is 4.89. The Morgan fingerprint density at radius 3 is 2.75 bits per heavy atom. The normalized spacial score (nSPS) is 16.6. The topological polar surface area (TPSA) is 71.4 Å². The number of anilines is 2. The summed E-state index contributed by atoms with van der Waals surface area (Å²) in [6, 6.07) is 5.37. The molecule has 0 unspecified atom stereocenters. The van der Waals surface area contributed by atoms with E-state index in [1.54, 1.807) is 6.07 Å². The Morgan fingerprint density at radius 2 is 2.00 bits per heavy atom. The van der Waals surface area contributed by atoms with Crippen molar-refractivity contribution in [1.82, 2.24) is 15.0 Å². The Kier molecular flexibility index (Phi) is 3.50. The summed E-state index contributed by atoms with van der Waals surface area (Å²) in [5.41, 5.74) is 7.07. The van der Waals surface area contributed by atoms with Crippen molar-refractivity contribution in [2.75, 3.05) is 43.9 Å². The largest absolute Gasteiger partial charge is 0.397 e. The lowest BCUT2D eigenvalue weighted by Crippen LogP contribution is -2.44. The first-order valence-electron chi connectivity index (χ1n) is 6.46. The number of nitrogens with two attached hydrogens (primary N) is 1. The molecule has 0 spiro atoms. The third kappa shape index (κ3) is 2.44. The van der Waals surface area contributed by atoms with E-state index < -0.39 is 0 Å². The van der Waals surface area contributed by atoms with Crippen LogP contribution in [0.3, 0.4) is 0 Å². The fourth-order valence-electron chi connectivity index (χ4n) is 2.18. The molecule has 2 heterocycles. The average Bonchev–Trinajstić information content (AvgIpc) is 2.92. The molecular formula is C13H16ClN5O. The molecule has 1 fully saturated rings. The zero-order valence-electron chi connectivity index (χ0n) is 11.2. The maximum Gasteiger partial charge on any atom is 0.266 e. The SMILES string of the molecule is CN1CCN(c2noc(-c3cccc(Cl)c3N)n2)CC1. The van der Waals surface area contributed by atoms with Crippen molar-refractivity contribution < 1.29 is 4.52 Å². The Hall–Kier alpha value is -1.79. The molecule has 2 aromatic rings. The number of nitrogens with zero attached hydrogens (tertiary/aromatic N) is 4. The number of benzene rings is 1. The van der Waals surface area contributed by atoms with Crippen LogP contribution in [0.25, 0.3) is 11.5 Å². The number of halogens is 1. The molecule has 0 radical (unpaired) electrons. The van der Waals surface area contributed by atoms with Gasteiger partial charge in [0.15, 0.2) is 0 Å². The summed E-state index contributed by atoms with van der Waals surface area (Å²) in [5, 5.41) is 4.52. The van der Waals surface area contributed by atoms with Crippen LogP contribution in [0.15, 0.2) is 22.7 Å². The van der Waals surface area contributed by atoms with Crippen molar-refractivity contribution in [2.24, 2.45) is 0 Å². The van der Waals surface area contributed by atoms with Gasteiger partial charge in [-0.3, -0.25) is 0 Å². The molecule has 1 aromatic heterocycles. The lowest BCUT2D eigenvalue weighted by atomic mass is 10.2. The predicted octanol–water partition coefficient (Wildman–Crippen LogP) is 1.72. The van der Waals surface area contributed by atoms with E-state index in [4.69, 9.17) is 21.9 Å². The molecule has 0 bridgehead atoms. The van der Waals surface area contributed by atoms with Crippen molar-refractivity contribution in [1.29, 1.82) is 0 Å². The number of piperazine rings is 1. The van der Waals surface area contributed by atoms with Crippen molar-refractivity contribution in [3.8, 4) is 11.5 Å². The standard InChI is InChI=1S/C13H16ClN5O/c1-18-5-7-19(8-6-18)13-16-12(20-17-13)9-3-2-4-10(14)11(9)15/h2-4H,5-8,15H2,1H3. The van der Waals surface area contributed by atoms with E-state index in [-0.39, 0.29) is 0 Å². The molecule has 1 saturated heterocycles. The van der Waals surface area contributed by atoms with Gasteiger partial charge >= 0.3 is 0 Å². The third-order valence-electron chi connectivity index (χ3n) is 3.48. The van der Waals surface area contributed by atoms with E-state index in [1.165, 1.54) is 0 Å². The second-order valence-corrected chi connectivity index (χ2v) is 5.30. The first-order chi connectivity index (χ1) is 9.65. The molecule has 1 aliphatic heterocycles. The van der Waals surface area contributed by atoms with E-state index in [0.29, 0.717) is 28.1 Å². The first kappa shape index (κ1) is 13.2. The Morgan fingerprint density at radius 1 is 1.25 bits per heavy atom. The smallest absolute Gasteiger partial charge is 0.266 e. The third-order valence-corrected chi connectivity index (χ3v) is 3.81. The molecule has 1 aromatic carbocycles.